The van der Waals surface area contributed by atoms with Gasteiger partial charge in [0.15, 0.2) is 0 Å². The molecular formula is C9H17N3O6P2S. The van der Waals surface area contributed by atoms with Crippen LogP contribution in [-0.4, -0.2) is 16.9 Å². The summed E-state index contributed by atoms with van der Waals surface area (Å²) in [5.74, 6) is -0.286. The van der Waals surface area contributed by atoms with Gasteiger partial charge in [-0.05, 0) is 13.1 Å². The number of hydrogen-bond donors (Lipinski definition) is 3. The number of nitrogens with one attached hydrogen (secondary N) is 1. The predicted octanol–water partition coefficient (Wildman–Crippen LogP) is 3.12. The highest BCUT2D eigenvalue weighted by molar-refractivity contribution is 8.85. The van der Waals surface area contributed by atoms with E-state index in [1.165, 1.54) is 25.2 Å². The van der Waals surface area contributed by atoms with Crippen LogP contribution in [0.1, 0.15) is 13.8 Å². The monoisotopic (exact) mass is 357 g/mol. The fraction of sp³-hybridized carbons (Fsp3) is 0.333. The third-order valence-electron chi connectivity index (χ3n) is 1.78. The van der Waals surface area contributed by atoms with Crippen LogP contribution in [0.3, 0.4) is 0 Å². The normalized spacial score (nSPS) is 15.9. The van der Waals surface area contributed by atoms with Crippen molar-refractivity contribution in [2.24, 2.45) is 5.50 Å². The molecule has 0 aliphatic heterocycles. The lowest BCUT2D eigenvalue weighted by Gasteiger charge is -2.17. The molecule has 2 unspecified atom stereocenters. The molecule has 2 atom stereocenters. The van der Waals surface area contributed by atoms with Gasteiger partial charge in [0.05, 0.1) is 15.9 Å². The van der Waals surface area contributed by atoms with Crippen molar-refractivity contribution in [2.75, 3.05) is 7.05 Å². The first-order valence-electron chi connectivity index (χ1n) is 5.71. The van der Waals surface area contributed by atoms with Gasteiger partial charge >= 0.3 is 19.1 Å². The van der Waals surface area contributed by atoms with Crippen molar-refractivity contribution in [1.29, 1.82) is 0 Å². The molecule has 4 N–H and O–H groups in total. The van der Waals surface area contributed by atoms with E-state index in [4.69, 9.17) is 14.9 Å². The first kappa shape index (κ1) is 20.1. The smallest absolute Gasteiger partial charge is 0.384 e. The molecule has 1 rings (SSSR count). The second-order valence-corrected chi connectivity index (χ2v) is 11.1. The Labute approximate surface area is 125 Å². The van der Waals surface area contributed by atoms with Gasteiger partial charge in [-0.15, -0.1) is 0 Å². The molecule has 1 aromatic carbocycles. The zero-order valence-corrected chi connectivity index (χ0v) is 14.2. The molecule has 0 aromatic heterocycles. The average molecular weight is 357 g/mol. The third-order valence-corrected chi connectivity index (χ3v) is 9.37. The molecule has 0 amide bonds. The summed E-state index contributed by atoms with van der Waals surface area (Å²) in [6.45, 7) is -4.07. The fourth-order valence-electron chi connectivity index (χ4n) is 1.07. The van der Waals surface area contributed by atoms with Gasteiger partial charge in [0.2, 0.25) is 5.75 Å². The van der Waals surface area contributed by atoms with Crippen LogP contribution >= 0.6 is 24.4 Å². The van der Waals surface area contributed by atoms with Crippen molar-refractivity contribution in [1.82, 2.24) is 5.09 Å². The molecule has 120 valence electrons. The van der Waals surface area contributed by atoms with Crippen molar-refractivity contribution in [3.05, 3.63) is 34.4 Å². The summed E-state index contributed by atoms with van der Waals surface area (Å²) in [5.41, 5.74) is 4.48. The molecule has 0 saturated heterocycles. The predicted molar refractivity (Wildman–Crippen MR) is 83.3 cm³/mol. The molecule has 0 fully saturated rings. The minimum Gasteiger partial charge on any atom is -0.418 e. The summed E-state index contributed by atoms with van der Waals surface area (Å²) in [7, 11) is 1.22. The van der Waals surface area contributed by atoms with Crippen LogP contribution in [0, 0.1) is 10.1 Å². The molecular weight excluding hydrogens is 340 g/mol. The van der Waals surface area contributed by atoms with Crippen LogP contribution in [0.5, 0.6) is 5.75 Å². The van der Waals surface area contributed by atoms with E-state index in [1.54, 1.807) is 0 Å². The number of rotatable bonds is 6. The number of nitrogens with zero attached hydrogens (tertiary/aromatic N) is 1. The average Bonchev–Trinajstić information content (AvgIpc) is 2.39. The molecule has 0 heterocycles. The van der Waals surface area contributed by atoms with Gasteiger partial charge in [-0.25, -0.2) is 9.65 Å². The summed E-state index contributed by atoms with van der Waals surface area (Å²) >= 11 is 0.00794. The Hall–Kier alpha value is -0.890. The Bertz CT molecular complexity index is 578. The van der Waals surface area contributed by atoms with Crippen LogP contribution in [0.25, 0.3) is 0 Å². The highest BCUT2D eigenvalue weighted by Crippen LogP contribution is 2.70. The van der Waals surface area contributed by atoms with Crippen molar-refractivity contribution < 1.29 is 23.5 Å². The summed E-state index contributed by atoms with van der Waals surface area (Å²) in [6.07, 6.45) is 0. The zero-order chi connectivity index (χ0) is 16.7. The quantitative estimate of drug-likeness (QED) is 0.397. The molecule has 1 aromatic rings. The van der Waals surface area contributed by atoms with E-state index in [0.29, 0.717) is 0 Å². The van der Waals surface area contributed by atoms with Crippen molar-refractivity contribution >= 4 is 30.1 Å². The Kier molecular flexibility index (Phi) is 8.17. The van der Waals surface area contributed by atoms with Gasteiger partial charge < -0.3 is 9.42 Å². The van der Waals surface area contributed by atoms with Crippen molar-refractivity contribution in [3.63, 3.8) is 0 Å². The number of nitro benzene ring substituents is 1. The van der Waals surface area contributed by atoms with E-state index in [0.717, 1.165) is 6.07 Å². The number of hydrogen-bond acceptors (Lipinski definition) is 6. The summed E-state index contributed by atoms with van der Waals surface area (Å²) in [6, 6.07) is 5.22. The molecule has 12 heteroatoms. The summed E-state index contributed by atoms with van der Waals surface area (Å²) in [4.78, 5) is 19.1. The Morgan fingerprint density at radius 3 is 2.33 bits per heavy atom. The topological polar surface area (TPSA) is 145 Å². The van der Waals surface area contributed by atoms with Gasteiger partial charge in [0.25, 0.3) is 0 Å². The number of nitrogens with two attached hydrogens (primary N) is 1. The standard InChI is InChI=1S/C7H11N3O6P2S.C2H6/c1-9-18(15,19-17(8,13)14)16-7-5-3-2-4-6(7)10(11)12;1-2/h2-5H,1H3,(H,9,15)(H3,8,13,14);1-2H3. The second-order valence-electron chi connectivity index (χ2n) is 3.18. The molecule has 0 aliphatic carbocycles. The van der Waals surface area contributed by atoms with E-state index in [9.17, 15) is 19.2 Å². The van der Waals surface area contributed by atoms with E-state index in [-0.39, 0.29) is 16.8 Å². The molecule has 9 nitrogen and oxygen atoms in total. The Morgan fingerprint density at radius 1 is 1.38 bits per heavy atom. The lowest BCUT2D eigenvalue weighted by molar-refractivity contribution is -0.385. The molecule has 0 bridgehead atoms. The Morgan fingerprint density at radius 2 is 1.90 bits per heavy atom. The van der Waals surface area contributed by atoms with Crippen LogP contribution in [0.4, 0.5) is 5.69 Å². The van der Waals surface area contributed by atoms with Gasteiger partial charge in [0.1, 0.15) is 0 Å². The zero-order valence-electron chi connectivity index (χ0n) is 11.6. The molecule has 0 spiro atoms. The van der Waals surface area contributed by atoms with Gasteiger partial charge in [-0.2, -0.15) is 0 Å². The highest BCUT2D eigenvalue weighted by atomic mass is 33.1. The maximum absolute atomic E-state index is 12.1. The number of benzene rings is 1. The lowest BCUT2D eigenvalue weighted by Crippen LogP contribution is -2.07. The van der Waals surface area contributed by atoms with E-state index in [1.807, 2.05) is 13.8 Å². The minimum absolute atomic E-state index is 0.00794. The van der Waals surface area contributed by atoms with Gasteiger partial charge in [-0.1, -0.05) is 26.0 Å². The minimum atomic E-state index is -4.18. The van der Waals surface area contributed by atoms with E-state index >= 15 is 0 Å². The molecule has 0 radical (unpaired) electrons. The van der Waals surface area contributed by atoms with Crippen molar-refractivity contribution in [3.8, 4) is 5.75 Å². The van der Waals surface area contributed by atoms with Crippen molar-refractivity contribution in [2.45, 2.75) is 13.8 Å². The summed E-state index contributed by atoms with van der Waals surface area (Å²) in [5, 5.41) is 13.0. The van der Waals surface area contributed by atoms with Crippen LogP contribution in [-0.2, 0) is 9.13 Å². The fourth-order valence-corrected chi connectivity index (χ4v) is 7.32. The largest absolute Gasteiger partial charge is 0.418 e. The van der Waals surface area contributed by atoms with Crippen LogP contribution < -0.4 is 15.1 Å². The molecule has 0 saturated carbocycles. The van der Waals surface area contributed by atoms with Gasteiger partial charge in [0, 0.05) is 6.07 Å². The van der Waals surface area contributed by atoms with Gasteiger partial charge in [-0.3, -0.25) is 20.2 Å². The molecule has 0 aliphatic rings. The highest BCUT2D eigenvalue weighted by Gasteiger charge is 2.34. The van der Waals surface area contributed by atoms with E-state index < -0.39 is 24.1 Å². The Balaban J connectivity index is 0.00000191. The summed E-state index contributed by atoms with van der Waals surface area (Å²) < 4.78 is 28.2. The molecule has 21 heavy (non-hydrogen) atoms. The lowest BCUT2D eigenvalue weighted by atomic mass is 10.3. The first-order valence-corrected chi connectivity index (χ1v) is 11.1. The third kappa shape index (κ3) is 7.08. The van der Waals surface area contributed by atoms with E-state index in [2.05, 4.69) is 5.09 Å². The number of para-hydroxylation sites is 2. The van der Waals surface area contributed by atoms with Crippen LogP contribution in [0.15, 0.2) is 24.3 Å². The maximum atomic E-state index is 12.1. The first-order chi connectivity index (χ1) is 9.67. The number of nitro groups is 1. The van der Waals surface area contributed by atoms with Crippen LogP contribution in [0.2, 0.25) is 0 Å². The maximum Gasteiger partial charge on any atom is 0.384 e. The second kappa shape index (κ2) is 8.53. The SMILES string of the molecule is CC.CNP(=O)(Oc1ccccc1[N+](=O)[O-])SP(N)(=O)O.